The Hall–Kier alpha value is -0.0551. The van der Waals surface area contributed by atoms with Gasteiger partial charge in [-0.2, -0.15) is 0 Å². The molecule has 6 saturated carbocycles. The van der Waals surface area contributed by atoms with Gasteiger partial charge in [0.05, 0.1) is 11.7 Å². The lowest BCUT2D eigenvalue weighted by Gasteiger charge is -2.89. The smallest absolute Gasteiger partial charge is 0.404 e. The van der Waals surface area contributed by atoms with E-state index in [2.05, 4.69) is 20.8 Å². The van der Waals surface area contributed by atoms with Crippen LogP contribution in [0.4, 0.5) is 0 Å². The average Bonchev–Trinajstić information content (AvgIpc) is 2.54. The summed E-state index contributed by atoms with van der Waals surface area (Å²) in [5.41, 5.74) is 7.22. The van der Waals surface area contributed by atoms with Crippen LogP contribution in [0.1, 0.15) is 47.0 Å². The largest absolute Gasteiger partial charge is 0.475 e. The first-order chi connectivity index (χ1) is 7.77. The summed E-state index contributed by atoms with van der Waals surface area (Å²) in [6, 6.07) is 0. The molecule has 0 aromatic carbocycles. The number of hydrogen-bond donors (Lipinski definition) is 1. The molecule has 0 radical (unpaired) electrons. The highest BCUT2D eigenvalue weighted by atomic mass is 16.7. The normalized spacial score (nSPS) is 59.1. The molecule has 7 fully saturated rings. The predicted octanol–water partition coefficient (Wildman–Crippen LogP) is 1.75. The van der Waals surface area contributed by atoms with Crippen molar-refractivity contribution in [3.63, 3.8) is 0 Å². The number of rotatable bonds is 1. The van der Waals surface area contributed by atoms with E-state index in [4.69, 9.17) is 15.0 Å². The van der Waals surface area contributed by atoms with Crippen molar-refractivity contribution in [3.05, 3.63) is 0 Å². The second kappa shape index (κ2) is 2.47. The van der Waals surface area contributed by atoms with E-state index >= 15 is 0 Å². The third-order valence-electron chi connectivity index (χ3n) is 6.71. The molecule has 0 aromatic rings. The minimum Gasteiger partial charge on any atom is -0.404 e. The first-order valence-electron chi connectivity index (χ1n) is 6.85. The van der Waals surface area contributed by atoms with Crippen LogP contribution in [0.2, 0.25) is 0 Å². The molecule has 1 saturated heterocycles. The third kappa shape index (κ3) is 0.835. The molecule has 1 heterocycles. The maximum absolute atomic E-state index is 6.21. The molecular formula is C13H22BNO2. The molecule has 4 heteroatoms. The minimum atomic E-state index is -0.202. The van der Waals surface area contributed by atoms with E-state index < -0.39 is 0 Å². The Labute approximate surface area is 104 Å². The van der Waals surface area contributed by atoms with Gasteiger partial charge < -0.3 is 15.0 Å². The molecule has 17 heavy (non-hydrogen) atoms. The zero-order valence-corrected chi connectivity index (χ0v) is 11.2. The summed E-state index contributed by atoms with van der Waals surface area (Å²) in [6.45, 7) is 9.04. The number of hydrogen-bond acceptors (Lipinski definition) is 3. The standard InChI is InChI=1S/C13H22BNO2/c1-8(15)14-16-9-11(4,17-14)5-12-6-13(9,7-12)10(12,2)3/h8-9H,5-7,15H2,1-4H3/t8?,9?,11-,12?,13?/m0/s1. The molecular weight excluding hydrogens is 213 g/mol. The van der Waals surface area contributed by atoms with Crippen LogP contribution in [0, 0.1) is 16.2 Å². The maximum Gasteiger partial charge on any atom is 0.475 e. The molecule has 2 unspecified atom stereocenters. The third-order valence-corrected chi connectivity index (χ3v) is 6.71. The Morgan fingerprint density at radius 3 is 2.41 bits per heavy atom. The Balaban J connectivity index is 1.72. The topological polar surface area (TPSA) is 44.5 Å². The van der Waals surface area contributed by atoms with Gasteiger partial charge in [0.25, 0.3) is 0 Å². The van der Waals surface area contributed by atoms with E-state index in [0.29, 0.717) is 16.2 Å². The second-order valence-electron chi connectivity index (χ2n) is 7.77. The molecule has 6 aliphatic carbocycles. The van der Waals surface area contributed by atoms with Crippen molar-refractivity contribution >= 4 is 7.12 Å². The van der Waals surface area contributed by atoms with Crippen molar-refractivity contribution in [2.45, 2.75) is 64.6 Å². The zero-order valence-electron chi connectivity index (χ0n) is 11.2. The van der Waals surface area contributed by atoms with Gasteiger partial charge in [0, 0.05) is 11.4 Å². The van der Waals surface area contributed by atoms with Gasteiger partial charge >= 0.3 is 7.12 Å². The van der Waals surface area contributed by atoms with E-state index in [-0.39, 0.29) is 24.8 Å². The van der Waals surface area contributed by atoms with E-state index in [1.807, 2.05) is 6.92 Å². The van der Waals surface area contributed by atoms with Crippen LogP contribution in [0.5, 0.6) is 0 Å². The lowest BCUT2D eigenvalue weighted by atomic mass is 9.16. The monoisotopic (exact) mass is 235 g/mol. The highest BCUT2D eigenvalue weighted by Gasteiger charge is 2.89. The van der Waals surface area contributed by atoms with Crippen LogP contribution in [-0.4, -0.2) is 24.8 Å². The van der Waals surface area contributed by atoms with Gasteiger partial charge in [-0.1, -0.05) is 20.8 Å². The second-order valence-corrected chi connectivity index (χ2v) is 7.77. The summed E-state index contributed by atoms with van der Waals surface area (Å²) in [5, 5.41) is 0. The highest BCUT2D eigenvalue weighted by Crippen LogP contribution is 2.91. The minimum absolute atomic E-state index is 0.0381. The summed E-state index contributed by atoms with van der Waals surface area (Å²) < 4.78 is 12.4. The summed E-state index contributed by atoms with van der Waals surface area (Å²) in [5.74, 6) is -0.0381. The first kappa shape index (κ1) is 10.8. The first-order valence-corrected chi connectivity index (χ1v) is 6.85. The molecule has 7 aliphatic rings. The van der Waals surface area contributed by atoms with Crippen LogP contribution < -0.4 is 5.73 Å². The van der Waals surface area contributed by atoms with E-state index in [1.165, 1.54) is 12.8 Å². The Morgan fingerprint density at radius 1 is 1.24 bits per heavy atom. The molecule has 2 bridgehead atoms. The van der Waals surface area contributed by atoms with E-state index in [1.54, 1.807) is 0 Å². The van der Waals surface area contributed by atoms with E-state index in [9.17, 15) is 0 Å². The van der Waals surface area contributed by atoms with Gasteiger partial charge in [-0.25, -0.2) is 0 Å². The summed E-state index contributed by atoms with van der Waals surface area (Å²) in [7, 11) is -0.202. The molecule has 94 valence electrons. The lowest BCUT2D eigenvalue weighted by molar-refractivity contribution is -0.422. The average molecular weight is 235 g/mol. The molecule has 0 spiro atoms. The Bertz CT molecular complexity index is 402. The van der Waals surface area contributed by atoms with Gasteiger partial charge in [0.1, 0.15) is 0 Å². The van der Waals surface area contributed by atoms with Crippen LogP contribution >= 0.6 is 0 Å². The van der Waals surface area contributed by atoms with E-state index in [0.717, 1.165) is 6.42 Å². The van der Waals surface area contributed by atoms with Crippen LogP contribution in [-0.2, 0) is 9.31 Å². The molecule has 2 N–H and O–H groups in total. The predicted molar refractivity (Wildman–Crippen MR) is 66.3 cm³/mol. The van der Waals surface area contributed by atoms with Crippen molar-refractivity contribution in [2.24, 2.45) is 22.0 Å². The van der Waals surface area contributed by atoms with Crippen molar-refractivity contribution in [1.82, 2.24) is 0 Å². The summed E-state index contributed by atoms with van der Waals surface area (Å²) in [6.07, 6.45) is 4.12. The van der Waals surface area contributed by atoms with Crippen LogP contribution in [0.3, 0.4) is 0 Å². The van der Waals surface area contributed by atoms with Gasteiger partial charge in [-0.3, -0.25) is 0 Å². The van der Waals surface area contributed by atoms with Crippen molar-refractivity contribution < 1.29 is 9.31 Å². The number of nitrogens with two attached hydrogens (primary N) is 1. The van der Waals surface area contributed by atoms with Gasteiger partial charge in [-0.15, -0.1) is 0 Å². The van der Waals surface area contributed by atoms with Gasteiger partial charge in [0.2, 0.25) is 0 Å². The Morgan fingerprint density at radius 2 is 1.88 bits per heavy atom. The molecule has 0 amide bonds. The highest BCUT2D eigenvalue weighted by molar-refractivity contribution is 6.47. The quantitative estimate of drug-likeness (QED) is 0.704. The van der Waals surface area contributed by atoms with Crippen LogP contribution in [0.15, 0.2) is 0 Å². The molecule has 3 atom stereocenters. The van der Waals surface area contributed by atoms with Gasteiger partial charge in [-0.05, 0) is 37.0 Å². The molecule has 7 rings (SSSR count). The van der Waals surface area contributed by atoms with Gasteiger partial charge in [0.15, 0.2) is 0 Å². The molecule has 0 aromatic heterocycles. The lowest BCUT2D eigenvalue weighted by Crippen LogP contribution is -2.86. The fourth-order valence-corrected chi connectivity index (χ4v) is 5.60. The van der Waals surface area contributed by atoms with Crippen LogP contribution in [0.25, 0.3) is 0 Å². The molecule has 1 aliphatic heterocycles. The summed E-state index contributed by atoms with van der Waals surface area (Å²) >= 11 is 0. The Kier molecular flexibility index (Phi) is 1.58. The van der Waals surface area contributed by atoms with Crippen molar-refractivity contribution in [2.75, 3.05) is 0 Å². The fourth-order valence-electron chi connectivity index (χ4n) is 5.60. The fraction of sp³-hybridized carbons (Fsp3) is 1.00. The zero-order chi connectivity index (χ0) is 12.3. The SMILES string of the molecule is CC(N)B1OC2C34CC(C3)(C[C@]2(C)O1)C4(C)C. The van der Waals surface area contributed by atoms with Crippen molar-refractivity contribution in [3.8, 4) is 0 Å². The summed E-state index contributed by atoms with van der Waals surface area (Å²) in [4.78, 5) is 0. The van der Waals surface area contributed by atoms with Crippen molar-refractivity contribution in [1.29, 1.82) is 0 Å². The molecule has 3 nitrogen and oxygen atoms in total. The maximum atomic E-state index is 6.21.